The van der Waals surface area contributed by atoms with Crippen molar-refractivity contribution < 1.29 is 14.3 Å². The summed E-state index contributed by atoms with van der Waals surface area (Å²) in [6.45, 7) is 6.76. The van der Waals surface area contributed by atoms with Crippen molar-refractivity contribution in [1.29, 1.82) is 0 Å². The van der Waals surface area contributed by atoms with Crippen LogP contribution in [0, 0.1) is 19.8 Å². The number of piperidine rings is 1. The number of ether oxygens (including phenoxy) is 1. The fraction of sp³-hybridized carbons (Fsp3) is 0.391. The predicted molar refractivity (Wildman–Crippen MR) is 110 cm³/mol. The minimum Gasteiger partial charge on any atom is -0.465 e. The van der Waals surface area contributed by atoms with Crippen LogP contribution in [0.4, 0.5) is 5.69 Å². The van der Waals surface area contributed by atoms with Gasteiger partial charge in [-0.05, 0) is 63.0 Å². The average Bonchev–Trinajstić information content (AvgIpc) is 2.71. The summed E-state index contributed by atoms with van der Waals surface area (Å²) in [6.07, 6.45) is 1.68. The maximum atomic E-state index is 12.7. The van der Waals surface area contributed by atoms with Crippen LogP contribution in [-0.2, 0) is 16.1 Å². The summed E-state index contributed by atoms with van der Waals surface area (Å²) in [7, 11) is 1.35. The summed E-state index contributed by atoms with van der Waals surface area (Å²) in [5, 5.41) is 3.00. The van der Waals surface area contributed by atoms with E-state index in [4.69, 9.17) is 4.74 Å². The number of rotatable bonds is 5. The molecule has 0 spiro atoms. The van der Waals surface area contributed by atoms with Crippen LogP contribution in [0.25, 0.3) is 0 Å². The molecule has 28 heavy (non-hydrogen) atoms. The van der Waals surface area contributed by atoms with Crippen LogP contribution in [0.15, 0.2) is 42.5 Å². The second-order valence-electron chi connectivity index (χ2n) is 7.55. The normalized spacial score (nSPS) is 15.2. The number of carbonyl (C=O) groups excluding carboxylic acids is 2. The van der Waals surface area contributed by atoms with E-state index in [2.05, 4.69) is 41.4 Å². The lowest BCUT2D eigenvalue weighted by atomic mass is 9.95. The third-order valence-electron chi connectivity index (χ3n) is 5.40. The summed E-state index contributed by atoms with van der Waals surface area (Å²) in [4.78, 5) is 26.9. The van der Waals surface area contributed by atoms with Gasteiger partial charge < -0.3 is 10.1 Å². The lowest BCUT2D eigenvalue weighted by molar-refractivity contribution is -0.121. The van der Waals surface area contributed by atoms with E-state index >= 15 is 0 Å². The highest BCUT2D eigenvalue weighted by Crippen LogP contribution is 2.23. The van der Waals surface area contributed by atoms with Gasteiger partial charge in [0.05, 0.1) is 12.7 Å². The molecule has 1 saturated heterocycles. The van der Waals surface area contributed by atoms with Crippen molar-refractivity contribution in [3.05, 3.63) is 64.7 Å². The predicted octanol–water partition coefficient (Wildman–Crippen LogP) is 3.94. The number of aryl methyl sites for hydroxylation is 2. The number of anilines is 1. The molecule has 2 aromatic carbocycles. The maximum absolute atomic E-state index is 12.7. The van der Waals surface area contributed by atoms with Crippen molar-refractivity contribution in [2.24, 2.45) is 5.92 Å². The first kappa shape index (κ1) is 20.1. The molecule has 1 N–H and O–H groups in total. The molecule has 1 aliphatic heterocycles. The third kappa shape index (κ3) is 4.98. The van der Waals surface area contributed by atoms with Crippen LogP contribution in [0.3, 0.4) is 0 Å². The Bertz CT molecular complexity index is 837. The van der Waals surface area contributed by atoms with E-state index in [9.17, 15) is 9.59 Å². The standard InChI is InChI=1S/C23H28N2O3/c1-16-4-7-18(8-5-16)15-25-12-10-19(11-13-25)22(26)24-21-14-20(23(27)28-3)9-6-17(21)2/h4-9,14,19H,10-13,15H2,1-3H3,(H,24,26). The quantitative estimate of drug-likeness (QED) is 0.798. The van der Waals surface area contributed by atoms with E-state index in [1.807, 2.05) is 13.0 Å². The highest BCUT2D eigenvalue weighted by Gasteiger charge is 2.25. The van der Waals surface area contributed by atoms with E-state index in [-0.39, 0.29) is 11.8 Å². The number of esters is 1. The molecule has 0 aliphatic carbocycles. The second kappa shape index (κ2) is 9.02. The molecule has 2 aromatic rings. The molecule has 0 atom stereocenters. The van der Waals surface area contributed by atoms with Gasteiger partial charge in [-0.15, -0.1) is 0 Å². The fourth-order valence-corrected chi connectivity index (χ4v) is 3.54. The Kier molecular flexibility index (Phi) is 6.47. The van der Waals surface area contributed by atoms with Crippen molar-refractivity contribution >= 4 is 17.6 Å². The fourth-order valence-electron chi connectivity index (χ4n) is 3.54. The Labute approximate surface area is 166 Å². The maximum Gasteiger partial charge on any atom is 0.337 e. The minimum absolute atomic E-state index is 0.00421. The number of hydrogen-bond acceptors (Lipinski definition) is 4. The van der Waals surface area contributed by atoms with Gasteiger partial charge in [0.15, 0.2) is 0 Å². The summed E-state index contributed by atoms with van der Waals surface area (Å²) >= 11 is 0. The van der Waals surface area contributed by atoms with Gasteiger partial charge in [0.2, 0.25) is 5.91 Å². The lowest BCUT2D eigenvalue weighted by Crippen LogP contribution is -2.37. The van der Waals surface area contributed by atoms with E-state index in [0.29, 0.717) is 11.3 Å². The molecular formula is C23H28N2O3. The zero-order valence-electron chi connectivity index (χ0n) is 16.8. The molecule has 0 aromatic heterocycles. The van der Waals surface area contributed by atoms with Crippen LogP contribution in [0.2, 0.25) is 0 Å². The van der Waals surface area contributed by atoms with Gasteiger partial charge in [-0.1, -0.05) is 35.9 Å². The summed E-state index contributed by atoms with van der Waals surface area (Å²) in [6, 6.07) is 13.8. The minimum atomic E-state index is -0.403. The zero-order chi connectivity index (χ0) is 20.1. The molecule has 1 fully saturated rings. The molecular weight excluding hydrogens is 352 g/mol. The van der Waals surface area contributed by atoms with Gasteiger partial charge in [-0.2, -0.15) is 0 Å². The number of methoxy groups -OCH3 is 1. The molecule has 148 valence electrons. The van der Waals surface area contributed by atoms with E-state index in [0.717, 1.165) is 38.0 Å². The van der Waals surface area contributed by atoms with Gasteiger partial charge >= 0.3 is 5.97 Å². The first-order valence-electron chi connectivity index (χ1n) is 9.74. The SMILES string of the molecule is COC(=O)c1ccc(C)c(NC(=O)C2CCN(Cc3ccc(C)cc3)CC2)c1. The number of hydrogen-bond donors (Lipinski definition) is 1. The van der Waals surface area contributed by atoms with Gasteiger partial charge in [-0.25, -0.2) is 4.79 Å². The van der Waals surface area contributed by atoms with Crippen LogP contribution in [0.5, 0.6) is 0 Å². The smallest absolute Gasteiger partial charge is 0.337 e. The number of amides is 1. The number of likely N-dealkylation sites (tertiary alicyclic amines) is 1. The molecule has 0 saturated carbocycles. The van der Waals surface area contributed by atoms with E-state index in [1.165, 1.54) is 18.2 Å². The van der Waals surface area contributed by atoms with Crippen LogP contribution >= 0.6 is 0 Å². The van der Waals surface area contributed by atoms with Gasteiger partial charge in [-0.3, -0.25) is 9.69 Å². The molecule has 1 aliphatic rings. The van der Waals surface area contributed by atoms with Crippen molar-refractivity contribution in [2.45, 2.75) is 33.2 Å². The van der Waals surface area contributed by atoms with Crippen molar-refractivity contribution in [3.8, 4) is 0 Å². The monoisotopic (exact) mass is 380 g/mol. The molecule has 3 rings (SSSR count). The molecule has 1 heterocycles. The molecule has 0 bridgehead atoms. The van der Waals surface area contributed by atoms with Crippen molar-refractivity contribution in [2.75, 3.05) is 25.5 Å². The average molecular weight is 380 g/mol. The molecule has 5 heteroatoms. The van der Waals surface area contributed by atoms with Gasteiger partial charge in [0.1, 0.15) is 0 Å². The summed E-state index contributed by atoms with van der Waals surface area (Å²) < 4.78 is 4.76. The first-order chi connectivity index (χ1) is 13.5. The Hall–Kier alpha value is -2.66. The highest BCUT2D eigenvalue weighted by atomic mass is 16.5. The Morgan fingerprint density at radius 3 is 2.39 bits per heavy atom. The van der Waals surface area contributed by atoms with Crippen LogP contribution in [0.1, 0.15) is 39.9 Å². The number of carbonyl (C=O) groups is 2. The topological polar surface area (TPSA) is 58.6 Å². The first-order valence-corrected chi connectivity index (χ1v) is 9.74. The summed E-state index contributed by atoms with van der Waals surface area (Å²) in [5.41, 5.74) is 4.62. The highest BCUT2D eigenvalue weighted by molar-refractivity contribution is 5.96. The van der Waals surface area contributed by atoms with Crippen LogP contribution in [-0.4, -0.2) is 37.0 Å². The van der Waals surface area contributed by atoms with Gasteiger partial charge in [0.25, 0.3) is 0 Å². The second-order valence-corrected chi connectivity index (χ2v) is 7.55. The Morgan fingerprint density at radius 1 is 1.07 bits per heavy atom. The molecule has 0 unspecified atom stereocenters. The Balaban J connectivity index is 1.55. The molecule has 1 amide bonds. The molecule has 5 nitrogen and oxygen atoms in total. The number of nitrogens with zero attached hydrogens (tertiary/aromatic N) is 1. The largest absolute Gasteiger partial charge is 0.465 e. The zero-order valence-corrected chi connectivity index (χ0v) is 16.8. The van der Waals surface area contributed by atoms with Crippen molar-refractivity contribution in [3.63, 3.8) is 0 Å². The third-order valence-corrected chi connectivity index (χ3v) is 5.40. The number of nitrogens with one attached hydrogen (secondary N) is 1. The van der Waals surface area contributed by atoms with Crippen molar-refractivity contribution in [1.82, 2.24) is 4.90 Å². The van der Waals surface area contributed by atoms with Gasteiger partial charge in [0, 0.05) is 18.2 Å². The van der Waals surface area contributed by atoms with Crippen LogP contribution < -0.4 is 5.32 Å². The lowest BCUT2D eigenvalue weighted by Gasteiger charge is -2.31. The van der Waals surface area contributed by atoms with E-state index < -0.39 is 5.97 Å². The number of benzene rings is 2. The summed E-state index contributed by atoms with van der Waals surface area (Å²) in [5.74, 6) is -0.379. The van der Waals surface area contributed by atoms with E-state index in [1.54, 1.807) is 12.1 Å². The Morgan fingerprint density at radius 2 is 1.75 bits per heavy atom. The molecule has 0 radical (unpaired) electrons.